The minimum Gasteiger partial charge on any atom is -0.497 e. The molecule has 5 rings (SSSR count). The smallest absolute Gasteiger partial charge is 0.255 e. The second-order valence-electron chi connectivity index (χ2n) is 9.24. The van der Waals surface area contributed by atoms with Gasteiger partial charge in [0.05, 0.1) is 32.1 Å². The van der Waals surface area contributed by atoms with Crippen molar-refractivity contribution in [2.75, 3.05) is 31.5 Å². The Morgan fingerprint density at radius 3 is 2.48 bits per heavy atom. The summed E-state index contributed by atoms with van der Waals surface area (Å²) >= 11 is 12.7. The van der Waals surface area contributed by atoms with Crippen LogP contribution in [-0.4, -0.2) is 41.5 Å². The third-order valence-corrected chi connectivity index (χ3v) is 7.42. The Labute approximate surface area is 253 Å². The van der Waals surface area contributed by atoms with Crippen molar-refractivity contribution in [3.8, 4) is 23.0 Å². The number of allylic oxidation sites excluding steroid dienone is 1. The van der Waals surface area contributed by atoms with Crippen molar-refractivity contribution in [1.82, 2.24) is 14.8 Å². The first-order chi connectivity index (χ1) is 20.3. The number of benzene rings is 3. The summed E-state index contributed by atoms with van der Waals surface area (Å²) in [5.41, 5.74) is 2.91. The lowest BCUT2D eigenvalue weighted by atomic mass is 9.94. The Hall–Kier alpha value is -4.41. The van der Waals surface area contributed by atoms with Crippen LogP contribution in [-0.2, 0) is 11.4 Å². The lowest BCUT2D eigenvalue weighted by Crippen LogP contribution is -2.31. The molecule has 0 radical (unpaired) electrons. The lowest BCUT2D eigenvalue weighted by Gasteiger charge is -2.29. The number of anilines is 2. The van der Waals surface area contributed by atoms with Gasteiger partial charge in [-0.05, 0) is 55.8 Å². The van der Waals surface area contributed by atoms with Crippen LogP contribution in [0.3, 0.4) is 0 Å². The normalized spacial score (nSPS) is 14.1. The van der Waals surface area contributed by atoms with E-state index < -0.39 is 6.04 Å². The fraction of sp³-hybridized carbons (Fsp3) is 0.233. The van der Waals surface area contributed by atoms with Crippen LogP contribution in [0.2, 0.25) is 10.0 Å². The summed E-state index contributed by atoms with van der Waals surface area (Å²) in [6.45, 7) is 4.24. The number of carbonyl (C=O) groups is 1. The summed E-state index contributed by atoms with van der Waals surface area (Å²) < 4.78 is 24.5. The van der Waals surface area contributed by atoms with Crippen molar-refractivity contribution in [2.45, 2.75) is 26.5 Å². The van der Waals surface area contributed by atoms with E-state index in [4.69, 9.17) is 42.1 Å². The topological polar surface area (TPSA) is 109 Å². The molecular weight excluding hydrogens is 581 g/mol. The average Bonchev–Trinajstić information content (AvgIpc) is 3.45. The summed E-state index contributed by atoms with van der Waals surface area (Å²) in [4.78, 5) is 18.2. The highest BCUT2D eigenvalue weighted by Gasteiger charge is 2.34. The zero-order chi connectivity index (χ0) is 29.8. The SMILES string of the molecule is CCOc1cc([C@H]2C(C(=O)Nc3cc(OC)ccc3OC)=C(C)Nc3ncnn32)ccc1OCc1c(Cl)cccc1Cl. The van der Waals surface area contributed by atoms with Crippen molar-refractivity contribution in [3.05, 3.63) is 93.4 Å². The molecule has 218 valence electrons. The van der Waals surface area contributed by atoms with E-state index in [0.717, 1.165) is 5.56 Å². The van der Waals surface area contributed by atoms with E-state index in [1.807, 2.05) is 26.0 Å². The molecule has 3 aromatic carbocycles. The predicted octanol–water partition coefficient (Wildman–Crippen LogP) is 6.51. The standard InChI is InChI=1S/C30H29Cl2N5O5/c1-5-41-26-13-18(9-11-25(26)42-15-20-21(31)7-6-8-22(20)32)28-27(17(2)35-30-33-16-34-37(28)30)29(38)36-23-14-19(39-3)10-12-24(23)40-4/h6-14,16,28H,5,15H2,1-4H3,(H,36,38)(H,33,34,35)/t28-/m0/s1. The zero-order valence-corrected chi connectivity index (χ0v) is 24.9. The van der Waals surface area contributed by atoms with Gasteiger partial charge < -0.3 is 29.6 Å². The van der Waals surface area contributed by atoms with Gasteiger partial charge in [-0.2, -0.15) is 10.1 Å². The maximum Gasteiger partial charge on any atom is 0.255 e. The Bertz CT molecular complexity index is 1630. The van der Waals surface area contributed by atoms with Crippen molar-refractivity contribution in [2.24, 2.45) is 0 Å². The van der Waals surface area contributed by atoms with Crippen LogP contribution in [0.15, 0.2) is 72.2 Å². The largest absolute Gasteiger partial charge is 0.497 e. The number of amides is 1. The molecule has 12 heteroatoms. The van der Waals surface area contributed by atoms with Crippen LogP contribution in [0.4, 0.5) is 11.6 Å². The molecule has 2 heterocycles. The maximum absolute atomic E-state index is 13.9. The molecule has 10 nitrogen and oxygen atoms in total. The number of fused-ring (bicyclic) bond motifs is 1. The fourth-order valence-electron chi connectivity index (χ4n) is 4.70. The number of nitrogens with zero attached hydrogens (tertiary/aromatic N) is 3. The van der Waals surface area contributed by atoms with E-state index in [9.17, 15) is 4.79 Å². The third-order valence-electron chi connectivity index (χ3n) is 6.71. The lowest BCUT2D eigenvalue weighted by molar-refractivity contribution is -0.113. The first-order valence-corrected chi connectivity index (χ1v) is 13.8. The molecule has 1 aliphatic heterocycles. The zero-order valence-electron chi connectivity index (χ0n) is 23.4. The third kappa shape index (κ3) is 5.81. The van der Waals surface area contributed by atoms with Gasteiger partial charge in [-0.3, -0.25) is 4.79 Å². The predicted molar refractivity (Wildman–Crippen MR) is 161 cm³/mol. The summed E-state index contributed by atoms with van der Waals surface area (Å²) in [6.07, 6.45) is 1.43. The second kappa shape index (κ2) is 12.6. The molecule has 0 spiro atoms. The van der Waals surface area contributed by atoms with Crippen molar-refractivity contribution in [1.29, 1.82) is 0 Å². The van der Waals surface area contributed by atoms with Crippen LogP contribution in [0, 0.1) is 0 Å². The van der Waals surface area contributed by atoms with E-state index in [2.05, 4.69) is 20.7 Å². The van der Waals surface area contributed by atoms with Gasteiger partial charge >= 0.3 is 0 Å². The first kappa shape index (κ1) is 29.1. The van der Waals surface area contributed by atoms with Crippen LogP contribution in [0.25, 0.3) is 0 Å². The summed E-state index contributed by atoms with van der Waals surface area (Å²) in [7, 11) is 3.09. The summed E-state index contributed by atoms with van der Waals surface area (Å²) in [5.74, 6) is 2.19. The summed E-state index contributed by atoms with van der Waals surface area (Å²) in [6, 6.07) is 15.3. The van der Waals surface area contributed by atoms with E-state index in [1.54, 1.807) is 54.3 Å². The summed E-state index contributed by atoms with van der Waals surface area (Å²) in [5, 5.41) is 11.6. The number of ether oxygens (including phenoxy) is 4. The van der Waals surface area contributed by atoms with Gasteiger partial charge in [-0.25, -0.2) is 4.68 Å². The average molecular weight is 610 g/mol. The van der Waals surface area contributed by atoms with E-state index in [-0.39, 0.29) is 12.5 Å². The monoisotopic (exact) mass is 609 g/mol. The molecule has 0 fully saturated rings. The van der Waals surface area contributed by atoms with Crippen LogP contribution in [0.1, 0.15) is 31.0 Å². The number of hydrogen-bond acceptors (Lipinski definition) is 8. The van der Waals surface area contributed by atoms with E-state index >= 15 is 0 Å². The molecule has 0 bridgehead atoms. The number of aromatic nitrogens is 3. The van der Waals surface area contributed by atoms with Crippen molar-refractivity contribution >= 4 is 40.7 Å². The first-order valence-electron chi connectivity index (χ1n) is 13.1. The molecule has 1 aliphatic rings. The minimum atomic E-state index is -0.633. The number of hydrogen-bond donors (Lipinski definition) is 2. The van der Waals surface area contributed by atoms with Gasteiger partial charge in [-0.15, -0.1) is 0 Å². The number of carbonyl (C=O) groups excluding carboxylic acids is 1. The molecule has 0 aliphatic carbocycles. The molecular formula is C30H29Cl2N5O5. The highest BCUT2D eigenvalue weighted by molar-refractivity contribution is 6.35. The molecule has 1 atom stereocenters. The van der Waals surface area contributed by atoms with Crippen LogP contribution in [0.5, 0.6) is 23.0 Å². The highest BCUT2D eigenvalue weighted by Crippen LogP contribution is 2.40. The maximum atomic E-state index is 13.9. The Morgan fingerprint density at radius 2 is 1.76 bits per heavy atom. The minimum absolute atomic E-state index is 0.146. The number of rotatable bonds is 10. The number of halogens is 2. The number of methoxy groups -OCH3 is 2. The van der Waals surface area contributed by atoms with Gasteiger partial charge in [0.15, 0.2) is 11.5 Å². The van der Waals surface area contributed by atoms with Gasteiger partial charge in [0.25, 0.3) is 5.91 Å². The van der Waals surface area contributed by atoms with Gasteiger partial charge in [0, 0.05) is 27.4 Å². The second-order valence-corrected chi connectivity index (χ2v) is 10.1. The molecule has 0 unspecified atom stereocenters. The molecule has 42 heavy (non-hydrogen) atoms. The quantitative estimate of drug-likeness (QED) is 0.209. The van der Waals surface area contributed by atoms with Crippen molar-refractivity contribution in [3.63, 3.8) is 0 Å². The van der Waals surface area contributed by atoms with Crippen LogP contribution < -0.4 is 29.6 Å². The highest BCUT2D eigenvalue weighted by atomic mass is 35.5. The Morgan fingerprint density at radius 1 is 1.00 bits per heavy atom. The molecule has 4 aromatic rings. The van der Waals surface area contributed by atoms with Gasteiger partial charge in [-0.1, -0.05) is 35.3 Å². The van der Waals surface area contributed by atoms with E-state index in [0.29, 0.717) is 68.1 Å². The molecule has 0 saturated heterocycles. The van der Waals surface area contributed by atoms with E-state index in [1.165, 1.54) is 13.4 Å². The number of nitrogens with one attached hydrogen (secondary N) is 2. The Balaban J connectivity index is 1.51. The molecule has 1 aromatic heterocycles. The molecule has 0 saturated carbocycles. The van der Waals surface area contributed by atoms with Gasteiger partial charge in [0.1, 0.15) is 30.5 Å². The fourth-order valence-corrected chi connectivity index (χ4v) is 5.20. The molecule has 2 N–H and O–H groups in total. The van der Waals surface area contributed by atoms with Crippen molar-refractivity contribution < 1.29 is 23.7 Å². The van der Waals surface area contributed by atoms with Crippen LogP contribution >= 0.6 is 23.2 Å². The van der Waals surface area contributed by atoms with Gasteiger partial charge in [0.2, 0.25) is 5.95 Å². The Kier molecular flexibility index (Phi) is 8.75. The molecule has 1 amide bonds.